The lowest BCUT2D eigenvalue weighted by atomic mass is 9.99. The summed E-state index contributed by atoms with van der Waals surface area (Å²) in [6.07, 6.45) is 0. The average Bonchev–Trinajstić information content (AvgIpc) is 2.17. The maximum Gasteiger partial charge on any atom is 0.126 e. The fraction of sp³-hybridized carbons (Fsp3) is 0.538. The molecule has 1 nitrogen and oxygen atoms in total. The SMILES string of the molecule is CC(CNC(C)(C)C)c1cc(F)ccc1F. The normalized spacial score (nSPS) is 13.9. The van der Waals surface area contributed by atoms with E-state index in [2.05, 4.69) is 5.32 Å². The minimum absolute atomic E-state index is 0.0158. The molecule has 0 heterocycles. The first-order chi connectivity index (χ1) is 7.29. The molecular formula is C13H19F2N. The Balaban J connectivity index is 2.73. The largest absolute Gasteiger partial charge is 0.311 e. The van der Waals surface area contributed by atoms with Crippen molar-refractivity contribution in [1.29, 1.82) is 0 Å². The number of rotatable bonds is 3. The van der Waals surface area contributed by atoms with Gasteiger partial charge in [-0.2, -0.15) is 0 Å². The summed E-state index contributed by atoms with van der Waals surface area (Å²) < 4.78 is 26.4. The maximum atomic E-state index is 13.4. The first-order valence-corrected chi connectivity index (χ1v) is 5.49. The smallest absolute Gasteiger partial charge is 0.126 e. The molecule has 1 N–H and O–H groups in total. The van der Waals surface area contributed by atoms with E-state index in [1.54, 1.807) is 0 Å². The van der Waals surface area contributed by atoms with Gasteiger partial charge in [0.15, 0.2) is 0 Å². The first-order valence-electron chi connectivity index (χ1n) is 5.49. The van der Waals surface area contributed by atoms with Gasteiger partial charge in [-0.3, -0.25) is 0 Å². The highest BCUT2D eigenvalue weighted by atomic mass is 19.1. The third kappa shape index (κ3) is 3.89. The first kappa shape index (κ1) is 13.1. The zero-order chi connectivity index (χ0) is 12.3. The van der Waals surface area contributed by atoms with E-state index in [9.17, 15) is 8.78 Å². The Kier molecular flexibility index (Phi) is 4.03. The molecule has 0 fully saturated rings. The van der Waals surface area contributed by atoms with Crippen LogP contribution in [0.5, 0.6) is 0 Å². The van der Waals surface area contributed by atoms with Crippen LogP contribution < -0.4 is 5.32 Å². The van der Waals surface area contributed by atoms with Crippen molar-refractivity contribution in [3.63, 3.8) is 0 Å². The Hall–Kier alpha value is -0.960. The van der Waals surface area contributed by atoms with Crippen LogP contribution in [0.3, 0.4) is 0 Å². The van der Waals surface area contributed by atoms with Gasteiger partial charge in [0.2, 0.25) is 0 Å². The Morgan fingerprint density at radius 2 is 1.88 bits per heavy atom. The van der Waals surface area contributed by atoms with E-state index in [1.165, 1.54) is 12.1 Å². The lowest BCUT2D eigenvalue weighted by Crippen LogP contribution is -2.38. The molecule has 1 atom stereocenters. The third-order valence-corrected chi connectivity index (χ3v) is 2.43. The molecule has 0 aliphatic carbocycles. The maximum absolute atomic E-state index is 13.4. The van der Waals surface area contributed by atoms with E-state index < -0.39 is 0 Å². The standard InChI is InChI=1S/C13H19F2N/c1-9(8-16-13(2,3)4)11-7-10(14)5-6-12(11)15/h5-7,9,16H,8H2,1-4H3. The summed E-state index contributed by atoms with van der Waals surface area (Å²) >= 11 is 0. The molecule has 0 radical (unpaired) electrons. The second-order valence-corrected chi connectivity index (χ2v) is 5.20. The van der Waals surface area contributed by atoms with Crippen molar-refractivity contribution in [2.24, 2.45) is 0 Å². The molecule has 0 saturated heterocycles. The molecule has 16 heavy (non-hydrogen) atoms. The molecule has 0 spiro atoms. The predicted molar refractivity (Wildman–Crippen MR) is 62.5 cm³/mol. The Bertz CT molecular complexity index is 355. The number of benzene rings is 1. The molecule has 1 rings (SSSR count). The van der Waals surface area contributed by atoms with Crippen LogP contribution in [0.1, 0.15) is 39.2 Å². The van der Waals surface area contributed by atoms with E-state index in [-0.39, 0.29) is 23.1 Å². The number of halogens is 2. The summed E-state index contributed by atoms with van der Waals surface area (Å²) in [5, 5.41) is 3.28. The summed E-state index contributed by atoms with van der Waals surface area (Å²) in [5.41, 5.74) is 0.412. The van der Waals surface area contributed by atoms with Crippen molar-refractivity contribution in [3.05, 3.63) is 35.4 Å². The van der Waals surface area contributed by atoms with Crippen molar-refractivity contribution in [2.45, 2.75) is 39.2 Å². The van der Waals surface area contributed by atoms with E-state index in [4.69, 9.17) is 0 Å². The highest BCUT2D eigenvalue weighted by molar-refractivity contribution is 5.22. The van der Waals surface area contributed by atoms with Gasteiger partial charge in [-0.1, -0.05) is 6.92 Å². The van der Waals surface area contributed by atoms with Crippen LogP contribution in [0.15, 0.2) is 18.2 Å². The predicted octanol–water partition coefficient (Wildman–Crippen LogP) is 3.46. The Morgan fingerprint density at radius 3 is 2.44 bits per heavy atom. The van der Waals surface area contributed by atoms with Gasteiger partial charge in [-0.15, -0.1) is 0 Å². The number of hydrogen-bond donors (Lipinski definition) is 1. The Morgan fingerprint density at radius 1 is 1.25 bits per heavy atom. The van der Waals surface area contributed by atoms with Crippen LogP contribution in [0, 0.1) is 11.6 Å². The van der Waals surface area contributed by atoms with Gasteiger partial charge in [0.05, 0.1) is 0 Å². The quantitative estimate of drug-likeness (QED) is 0.834. The third-order valence-electron chi connectivity index (χ3n) is 2.43. The van der Waals surface area contributed by atoms with Crippen molar-refractivity contribution in [2.75, 3.05) is 6.54 Å². The lowest BCUT2D eigenvalue weighted by Gasteiger charge is -2.23. The van der Waals surface area contributed by atoms with E-state index >= 15 is 0 Å². The van der Waals surface area contributed by atoms with Crippen LogP contribution in [0.2, 0.25) is 0 Å². The van der Waals surface area contributed by atoms with Gasteiger partial charge in [-0.05, 0) is 50.5 Å². The summed E-state index contributed by atoms with van der Waals surface area (Å²) in [4.78, 5) is 0. The second kappa shape index (κ2) is 4.91. The van der Waals surface area contributed by atoms with Gasteiger partial charge >= 0.3 is 0 Å². The monoisotopic (exact) mass is 227 g/mol. The zero-order valence-corrected chi connectivity index (χ0v) is 10.3. The minimum atomic E-state index is -0.390. The van der Waals surface area contributed by atoms with Crippen LogP contribution >= 0.6 is 0 Å². The van der Waals surface area contributed by atoms with Crippen LogP contribution in [0.25, 0.3) is 0 Å². The molecular weight excluding hydrogens is 208 g/mol. The highest BCUT2D eigenvalue weighted by Gasteiger charge is 2.15. The fourth-order valence-electron chi connectivity index (χ4n) is 1.46. The molecule has 0 aliphatic rings. The van der Waals surface area contributed by atoms with E-state index in [0.717, 1.165) is 6.07 Å². The molecule has 1 aromatic rings. The van der Waals surface area contributed by atoms with Crippen molar-refractivity contribution in [1.82, 2.24) is 5.32 Å². The van der Waals surface area contributed by atoms with E-state index in [0.29, 0.717) is 12.1 Å². The molecule has 90 valence electrons. The van der Waals surface area contributed by atoms with Gasteiger partial charge in [-0.25, -0.2) is 8.78 Å². The van der Waals surface area contributed by atoms with E-state index in [1.807, 2.05) is 27.7 Å². The molecule has 0 amide bonds. The summed E-state index contributed by atoms with van der Waals surface area (Å²) in [5.74, 6) is -0.779. The van der Waals surface area contributed by atoms with Crippen molar-refractivity contribution in [3.8, 4) is 0 Å². The zero-order valence-electron chi connectivity index (χ0n) is 10.3. The summed E-state index contributed by atoms with van der Waals surface area (Å²) in [6.45, 7) is 8.64. The van der Waals surface area contributed by atoms with Gasteiger partial charge in [0.1, 0.15) is 11.6 Å². The molecule has 1 unspecified atom stereocenters. The molecule has 1 aromatic carbocycles. The van der Waals surface area contributed by atoms with Gasteiger partial charge < -0.3 is 5.32 Å². The number of hydrogen-bond acceptors (Lipinski definition) is 1. The lowest BCUT2D eigenvalue weighted by molar-refractivity contribution is 0.408. The molecule has 0 aliphatic heterocycles. The van der Waals surface area contributed by atoms with Crippen molar-refractivity contribution < 1.29 is 8.78 Å². The molecule has 0 aromatic heterocycles. The fourth-order valence-corrected chi connectivity index (χ4v) is 1.46. The van der Waals surface area contributed by atoms with Crippen molar-refractivity contribution >= 4 is 0 Å². The van der Waals surface area contributed by atoms with Crippen LogP contribution in [0.4, 0.5) is 8.78 Å². The average molecular weight is 227 g/mol. The Labute approximate surface area is 95.9 Å². The molecule has 0 bridgehead atoms. The van der Waals surface area contributed by atoms with Crippen LogP contribution in [-0.4, -0.2) is 12.1 Å². The summed E-state index contributed by atoms with van der Waals surface area (Å²) in [7, 11) is 0. The second-order valence-electron chi connectivity index (χ2n) is 5.20. The highest BCUT2D eigenvalue weighted by Crippen LogP contribution is 2.20. The summed E-state index contributed by atoms with van der Waals surface area (Å²) in [6, 6.07) is 3.59. The van der Waals surface area contributed by atoms with Gasteiger partial charge in [0.25, 0.3) is 0 Å². The van der Waals surface area contributed by atoms with Crippen LogP contribution in [-0.2, 0) is 0 Å². The minimum Gasteiger partial charge on any atom is -0.311 e. The molecule has 0 saturated carbocycles. The van der Waals surface area contributed by atoms with Gasteiger partial charge in [0, 0.05) is 12.1 Å². The number of nitrogens with one attached hydrogen (secondary N) is 1. The molecule has 3 heteroatoms. The topological polar surface area (TPSA) is 12.0 Å².